The van der Waals surface area contributed by atoms with Gasteiger partial charge in [-0.15, -0.1) is 0 Å². The molecule has 146 valence electrons. The summed E-state index contributed by atoms with van der Waals surface area (Å²) in [5.74, 6) is 1.82. The second-order valence-electron chi connectivity index (χ2n) is 7.12. The highest BCUT2D eigenvalue weighted by atomic mass is 16.5. The van der Waals surface area contributed by atoms with E-state index in [4.69, 9.17) is 15.5 Å². The van der Waals surface area contributed by atoms with Gasteiger partial charge < -0.3 is 20.4 Å². The largest absolute Gasteiger partial charge is 0.481 e. The van der Waals surface area contributed by atoms with E-state index in [0.29, 0.717) is 36.0 Å². The van der Waals surface area contributed by atoms with Crippen molar-refractivity contribution in [2.75, 3.05) is 19.4 Å². The van der Waals surface area contributed by atoms with E-state index in [1.165, 1.54) is 0 Å². The number of H-pyrrole nitrogens is 1. The zero-order chi connectivity index (χ0) is 20.0. The van der Waals surface area contributed by atoms with Gasteiger partial charge in [0.05, 0.1) is 19.2 Å². The number of carbonyl (C=O) groups is 1. The fourth-order valence-electron chi connectivity index (χ4n) is 3.88. The SMILES string of the molecule is COc1ncccc1-c1ccc2c(c1)nc(N)c1[nH]c(CN3CCCC3=O)nc12. The van der Waals surface area contributed by atoms with Crippen LogP contribution in [0.25, 0.3) is 33.1 Å². The normalized spacial score (nSPS) is 14.2. The molecule has 0 radical (unpaired) electrons. The van der Waals surface area contributed by atoms with Crippen molar-refractivity contribution in [3.63, 3.8) is 0 Å². The lowest BCUT2D eigenvalue weighted by molar-refractivity contribution is -0.128. The number of anilines is 1. The molecular weight excluding hydrogens is 368 g/mol. The topological polar surface area (TPSA) is 110 Å². The number of nitrogens with zero attached hydrogens (tertiary/aromatic N) is 4. The van der Waals surface area contributed by atoms with Crippen LogP contribution >= 0.6 is 0 Å². The number of imidazole rings is 1. The minimum absolute atomic E-state index is 0.163. The Morgan fingerprint density at radius 3 is 2.97 bits per heavy atom. The zero-order valence-electron chi connectivity index (χ0n) is 16.0. The molecule has 4 heterocycles. The van der Waals surface area contributed by atoms with Crippen molar-refractivity contribution in [1.82, 2.24) is 24.8 Å². The predicted octanol–water partition coefficient (Wildman–Crippen LogP) is 2.89. The van der Waals surface area contributed by atoms with Gasteiger partial charge in [-0.25, -0.2) is 15.0 Å². The van der Waals surface area contributed by atoms with E-state index < -0.39 is 0 Å². The van der Waals surface area contributed by atoms with Gasteiger partial charge in [-0.1, -0.05) is 6.07 Å². The van der Waals surface area contributed by atoms with Gasteiger partial charge in [-0.3, -0.25) is 4.79 Å². The van der Waals surface area contributed by atoms with E-state index >= 15 is 0 Å². The number of aromatic amines is 1. The number of nitrogens with one attached hydrogen (secondary N) is 1. The first kappa shape index (κ1) is 17.4. The molecule has 0 bridgehead atoms. The first-order valence-electron chi connectivity index (χ1n) is 9.49. The lowest BCUT2D eigenvalue weighted by Crippen LogP contribution is -2.24. The Morgan fingerprint density at radius 1 is 1.28 bits per heavy atom. The fourth-order valence-corrected chi connectivity index (χ4v) is 3.88. The minimum atomic E-state index is 0.163. The van der Waals surface area contributed by atoms with Crippen molar-refractivity contribution < 1.29 is 9.53 Å². The van der Waals surface area contributed by atoms with Crippen LogP contribution in [0.4, 0.5) is 5.82 Å². The van der Waals surface area contributed by atoms with Gasteiger partial charge in [0, 0.05) is 30.1 Å². The number of amides is 1. The smallest absolute Gasteiger partial charge is 0.223 e. The van der Waals surface area contributed by atoms with Gasteiger partial charge in [-0.05, 0) is 36.2 Å². The second kappa shape index (κ2) is 6.73. The van der Waals surface area contributed by atoms with Gasteiger partial charge in [0.1, 0.15) is 22.7 Å². The molecule has 0 unspecified atom stereocenters. The van der Waals surface area contributed by atoms with Crippen LogP contribution in [-0.2, 0) is 11.3 Å². The van der Waals surface area contributed by atoms with Crippen molar-refractivity contribution in [3.05, 3.63) is 42.4 Å². The predicted molar refractivity (Wildman–Crippen MR) is 110 cm³/mol. The molecule has 0 spiro atoms. The highest BCUT2D eigenvalue weighted by molar-refractivity contribution is 6.07. The number of likely N-dealkylation sites (tertiary alicyclic amines) is 1. The van der Waals surface area contributed by atoms with E-state index in [-0.39, 0.29) is 5.91 Å². The Balaban J connectivity index is 1.60. The van der Waals surface area contributed by atoms with Crippen molar-refractivity contribution in [3.8, 4) is 17.0 Å². The summed E-state index contributed by atoms with van der Waals surface area (Å²) in [6.07, 6.45) is 3.19. The Hall–Kier alpha value is -3.68. The van der Waals surface area contributed by atoms with Crippen LogP contribution in [0.1, 0.15) is 18.7 Å². The molecule has 1 saturated heterocycles. The molecule has 1 aliphatic heterocycles. The number of carbonyl (C=O) groups excluding carboxylic acids is 1. The lowest BCUT2D eigenvalue weighted by atomic mass is 10.0. The van der Waals surface area contributed by atoms with Gasteiger partial charge in [0.25, 0.3) is 0 Å². The van der Waals surface area contributed by atoms with E-state index in [0.717, 1.165) is 40.5 Å². The summed E-state index contributed by atoms with van der Waals surface area (Å²) in [5.41, 5.74) is 10.2. The summed E-state index contributed by atoms with van der Waals surface area (Å²) >= 11 is 0. The third-order valence-corrected chi connectivity index (χ3v) is 5.29. The average Bonchev–Trinajstić information content (AvgIpc) is 3.35. The summed E-state index contributed by atoms with van der Waals surface area (Å²) in [5, 5.41) is 0.899. The molecule has 5 rings (SSSR count). The highest BCUT2D eigenvalue weighted by Gasteiger charge is 2.22. The molecule has 0 atom stereocenters. The Bertz CT molecular complexity index is 1250. The van der Waals surface area contributed by atoms with Crippen LogP contribution < -0.4 is 10.5 Å². The minimum Gasteiger partial charge on any atom is -0.481 e. The van der Waals surface area contributed by atoms with Crippen LogP contribution in [0.3, 0.4) is 0 Å². The number of hydrogen-bond donors (Lipinski definition) is 2. The molecular formula is C21H20N6O2. The van der Waals surface area contributed by atoms with Crippen LogP contribution in [0.15, 0.2) is 36.5 Å². The van der Waals surface area contributed by atoms with Crippen LogP contribution in [0, 0.1) is 0 Å². The number of fused-ring (bicyclic) bond motifs is 3. The summed E-state index contributed by atoms with van der Waals surface area (Å²) in [7, 11) is 1.60. The number of ether oxygens (including phenoxy) is 1. The van der Waals surface area contributed by atoms with E-state index in [2.05, 4.69) is 15.0 Å². The number of nitrogen functional groups attached to an aromatic ring is 1. The molecule has 3 N–H and O–H groups in total. The molecule has 8 heteroatoms. The maximum Gasteiger partial charge on any atom is 0.223 e. The lowest BCUT2D eigenvalue weighted by Gasteiger charge is -2.12. The average molecular weight is 388 g/mol. The Kier molecular flexibility index (Phi) is 4.04. The van der Waals surface area contributed by atoms with Crippen LogP contribution in [0.2, 0.25) is 0 Å². The molecule has 1 aliphatic rings. The molecule has 29 heavy (non-hydrogen) atoms. The fraction of sp³-hybridized carbons (Fsp3) is 0.238. The Labute approximate surface area is 166 Å². The Morgan fingerprint density at radius 2 is 2.17 bits per heavy atom. The summed E-state index contributed by atoms with van der Waals surface area (Å²) in [6, 6.07) is 9.76. The number of benzene rings is 1. The van der Waals surface area contributed by atoms with E-state index in [9.17, 15) is 4.79 Å². The summed E-state index contributed by atoms with van der Waals surface area (Å²) in [4.78, 5) is 30.6. The molecule has 1 amide bonds. The van der Waals surface area contributed by atoms with Crippen molar-refractivity contribution in [2.24, 2.45) is 0 Å². The van der Waals surface area contributed by atoms with Crippen molar-refractivity contribution >= 4 is 33.7 Å². The van der Waals surface area contributed by atoms with Gasteiger partial charge in [-0.2, -0.15) is 0 Å². The summed E-state index contributed by atoms with van der Waals surface area (Å²) in [6.45, 7) is 1.22. The molecule has 0 aliphatic carbocycles. The third kappa shape index (κ3) is 2.93. The molecule has 4 aromatic rings. The number of aromatic nitrogens is 4. The number of pyridine rings is 2. The number of hydrogen-bond acceptors (Lipinski definition) is 6. The maximum absolute atomic E-state index is 11.9. The van der Waals surface area contributed by atoms with Gasteiger partial charge >= 0.3 is 0 Å². The molecule has 1 fully saturated rings. The molecule has 8 nitrogen and oxygen atoms in total. The van der Waals surface area contributed by atoms with Gasteiger partial charge in [0.15, 0.2) is 0 Å². The maximum atomic E-state index is 11.9. The molecule has 3 aromatic heterocycles. The number of rotatable bonds is 4. The van der Waals surface area contributed by atoms with E-state index in [1.54, 1.807) is 13.3 Å². The molecule has 0 saturated carbocycles. The third-order valence-electron chi connectivity index (χ3n) is 5.29. The van der Waals surface area contributed by atoms with Crippen LogP contribution in [0.5, 0.6) is 5.88 Å². The van der Waals surface area contributed by atoms with Gasteiger partial charge in [0.2, 0.25) is 11.8 Å². The van der Waals surface area contributed by atoms with Crippen molar-refractivity contribution in [2.45, 2.75) is 19.4 Å². The van der Waals surface area contributed by atoms with Crippen molar-refractivity contribution in [1.29, 1.82) is 0 Å². The molecule has 1 aromatic carbocycles. The standard InChI is InChI=1S/C21H20N6O2/c1-29-21-13(4-2-8-23-21)12-6-7-14-15(10-12)24-20(22)19-18(14)25-16(26-19)11-27-9-3-5-17(27)28/h2,4,6-8,10H,3,5,9,11H2,1H3,(H2,22,24)(H,25,26). The van der Waals surface area contributed by atoms with E-state index in [1.807, 2.05) is 35.2 Å². The first-order chi connectivity index (χ1) is 14.1. The second-order valence-corrected chi connectivity index (χ2v) is 7.12. The first-order valence-corrected chi connectivity index (χ1v) is 9.49. The summed E-state index contributed by atoms with van der Waals surface area (Å²) < 4.78 is 5.38. The monoisotopic (exact) mass is 388 g/mol. The number of methoxy groups -OCH3 is 1. The quantitative estimate of drug-likeness (QED) is 0.556. The number of nitrogens with two attached hydrogens (primary N) is 1. The highest BCUT2D eigenvalue weighted by Crippen LogP contribution is 2.33. The zero-order valence-corrected chi connectivity index (χ0v) is 16.0. The van der Waals surface area contributed by atoms with Crippen LogP contribution in [-0.4, -0.2) is 44.4 Å².